The topological polar surface area (TPSA) is 42.0 Å². The molecule has 1 rings (SSSR count). The summed E-state index contributed by atoms with van der Waals surface area (Å²) in [6, 6.07) is 0. The number of hydrogen-bond acceptors (Lipinski definition) is 3. The molecule has 3 nitrogen and oxygen atoms in total. The average molecular weight is 222 g/mol. The van der Waals surface area contributed by atoms with Gasteiger partial charge in [0.15, 0.2) is 5.13 Å². The van der Waals surface area contributed by atoms with Crippen LogP contribution in [0.5, 0.6) is 0 Å². The number of carbonyl (C=O) groups is 1. The third-order valence-corrected chi connectivity index (χ3v) is 2.80. The van der Waals surface area contributed by atoms with Gasteiger partial charge in [0.2, 0.25) is 5.91 Å². The molecule has 0 fully saturated rings. The molecule has 1 N–H and O–H groups in total. The summed E-state index contributed by atoms with van der Waals surface area (Å²) in [5, 5.41) is 3.36. The van der Waals surface area contributed by atoms with Gasteiger partial charge < -0.3 is 0 Å². The largest absolute Gasteiger partial charge is 0.298 e. The third-order valence-electron chi connectivity index (χ3n) is 1.81. The van der Waals surface area contributed by atoms with E-state index < -0.39 is 0 Å². The van der Waals surface area contributed by atoms with Crippen molar-refractivity contribution in [2.75, 3.05) is 5.32 Å². The molecule has 1 amide bonds. The van der Waals surface area contributed by atoms with Crippen LogP contribution in [-0.2, 0) is 4.79 Å². The van der Waals surface area contributed by atoms with E-state index in [4.69, 9.17) is 0 Å². The van der Waals surface area contributed by atoms with Gasteiger partial charge in [-0.15, -0.1) is 11.3 Å². The Labute approximate surface area is 93.5 Å². The van der Waals surface area contributed by atoms with E-state index in [9.17, 15) is 4.79 Å². The molecule has 80 valence electrons. The van der Waals surface area contributed by atoms with E-state index in [-0.39, 0.29) is 5.91 Å². The molecule has 0 radical (unpaired) electrons. The molecule has 0 aliphatic carbocycles. The number of nitrogens with zero attached hydrogens (tertiary/aromatic N) is 1. The fourth-order valence-corrected chi connectivity index (χ4v) is 1.74. The summed E-state index contributed by atoms with van der Waals surface area (Å²) < 4.78 is 0. The van der Waals surface area contributed by atoms with Crippen molar-refractivity contribution in [1.82, 2.24) is 4.98 Å². The van der Waals surface area contributed by atoms with Gasteiger partial charge in [0, 0.05) is 11.0 Å². The molecule has 1 aromatic heterocycles. The van der Waals surface area contributed by atoms with Gasteiger partial charge in [0.25, 0.3) is 0 Å². The van der Waals surface area contributed by atoms with Gasteiger partial charge >= 0.3 is 0 Å². The maximum absolute atomic E-state index is 11.3. The molecule has 0 saturated carbocycles. The summed E-state index contributed by atoms with van der Waals surface area (Å²) >= 11 is 1.49. The van der Waals surface area contributed by atoms with E-state index in [0.29, 0.717) is 5.13 Å². The molecule has 15 heavy (non-hydrogen) atoms. The second-order valence-corrected chi connectivity index (χ2v) is 4.24. The number of allylic oxidation sites excluding steroid dienone is 3. The molecule has 4 heteroatoms. The van der Waals surface area contributed by atoms with Gasteiger partial charge in [-0.25, -0.2) is 4.98 Å². The fraction of sp³-hybridized carbons (Fsp3) is 0.273. The second kappa shape index (κ2) is 5.46. The van der Waals surface area contributed by atoms with Crippen molar-refractivity contribution in [3.05, 3.63) is 34.9 Å². The standard InChI is InChI=1S/C11H14N2OS/c1-4-5-6-7-10(14)13-11-12-8(2)9(3)15-11/h4-7H,1-3H3,(H,12,13,14)/b5-4+,7-6+. The first kappa shape index (κ1) is 11.7. The van der Waals surface area contributed by atoms with Crippen LogP contribution in [0.15, 0.2) is 24.3 Å². The third kappa shape index (κ3) is 3.67. The summed E-state index contributed by atoms with van der Waals surface area (Å²) in [5.74, 6) is -0.151. The van der Waals surface area contributed by atoms with Gasteiger partial charge in [-0.2, -0.15) is 0 Å². The van der Waals surface area contributed by atoms with Crippen LogP contribution >= 0.6 is 11.3 Å². The Morgan fingerprint density at radius 2 is 2.13 bits per heavy atom. The zero-order valence-electron chi connectivity index (χ0n) is 9.07. The SMILES string of the molecule is C/C=C/C=C/C(=O)Nc1nc(C)c(C)s1. The van der Waals surface area contributed by atoms with Gasteiger partial charge in [0.1, 0.15) is 0 Å². The Morgan fingerprint density at radius 1 is 1.40 bits per heavy atom. The molecule has 0 saturated heterocycles. The Balaban J connectivity index is 2.58. The number of thiazole rings is 1. The monoisotopic (exact) mass is 222 g/mol. The highest BCUT2D eigenvalue weighted by Gasteiger charge is 2.04. The Hall–Kier alpha value is -1.42. The number of amides is 1. The summed E-state index contributed by atoms with van der Waals surface area (Å²) in [5.41, 5.74) is 0.965. The predicted molar refractivity (Wildman–Crippen MR) is 64.2 cm³/mol. The number of anilines is 1. The molecule has 0 spiro atoms. The lowest BCUT2D eigenvalue weighted by atomic mass is 10.4. The lowest BCUT2D eigenvalue weighted by Crippen LogP contribution is -2.07. The molecule has 0 atom stereocenters. The normalized spacial score (nSPS) is 11.4. The highest BCUT2D eigenvalue weighted by Crippen LogP contribution is 2.20. The number of nitrogens with one attached hydrogen (secondary N) is 1. The van der Waals surface area contributed by atoms with Crippen LogP contribution in [0.2, 0.25) is 0 Å². The van der Waals surface area contributed by atoms with Crippen LogP contribution < -0.4 is 5.32 Å². The van der Waals surface area contributed by atoms with E-state index >= 15 is 0 Å². The summed E-state index contributed by atoms with van der Waals surface area (Å²) in [4.78, 5) is 16.7. The van der Waals surface area contributed by atoms with Gasteiger partial charge in [-0.1, -0.05) is 18.2 Å². The Morgan fingerprint density at radius 3 is 2.67 bits per heavy atom. The lowest BCUT2D eigenvalue weighted by Gasteiger charge is -1.93. The molecule has 0 bridgehead atoms. The first-order valence-electron chi connectivity index (χ1n) is 4.68. The maximum Gasteiger partial charge on any atom is 0.250 e. The highest BCUT2D eigenvalue weighted by molar-refractivity contribution is 7.15. The average Bonchev–Trinajstić information content (AvgIpc) is 2.46. The number of hydrogen-bond donors (Lipinski definition) is 1. The maximum atomic E-state index is 11.3. The van der Waals surface area contributed by atoms with Crippen molar-refractivity contribution in [2.24, 2.45) is 0 Å². The predicted octanol–water partition coefficient (Wildman–Crippen LogP) is 2.83. The van der Waals surface area contributed by atoms with Crippen molar-refractivity contribution >= 4 is 22.4 Å². The second-order valence-electron chi connectivity index (χ2n) is 3.03. The van der Waals surface area contributed by atoms with E-state index in [1.165, 1.54) is 17.4 Å². The van der Waals surface area contributed by atoms with Crippen molar-refractivity contribution < 1.29 is 4.79 Å². The van der Waals surface area contributed by atoms with Gasteiger partial charge in [0.05, 0.1) is 5.69 Å². The van der Waals surface area contributed by atoms with E-state index in [1.54, 1.807) is 12.2 Å². The van der Waals surface area contributed by atoms with Crippen LogP contribution in [0.4, 0.5) is 5.13 Å². The molecule has 0 aliphatic heterocycles. The number of aryl methyl sites for hydroxylation is 2. The molecule has 0 aromatic carbocycles. The lowest BCUT2D eigenvalue weighted by molar-refractivity contribution is -0.111. The smallest absolute Gasteiger partial charge is 0.250 e. The van der Waals surface area contributed by atoms with Crippen LogP contribution in [0, 0.1) is 13.8 Å². The van der Waals surface area contributed by atoms with Crippen molar-refractivity contribution in [3.63, 3.8) is 0 Å². The number of rotatable bonds is 3. The number of aromatic nitrogens is 1. The Kier molecular flexibility index (Phi) is 4.24. The van der Waals surface area contributed by atoms with E-state index in [0.717, 1.165) is 10.6 Å². The van der Waals surface area contributed by atoms with Gasteiger partial charge in [-0.05, 0) is 20.8 Å². The molecule has 0 aliphatic rings. The van der Waals surface area contributed by atoms with Crippen LogP contribution in [0.3, 0.4) is 0 Å². The number of carbonyl (C=O) groups excluding carboxylic acids is 1. The van der Waals surface area contributed by atoms with Crippen LogP contribution in [0.1, 0.15) is 17.5 Å². The fourth-order valence-electron chi connectivity index (χ4n) is 0.927. The van der Waals surface area contributed by atoms with Gasteiger partial charge in [-0.3, -0.25) is 10.1 Å². The van der Waals surface area contributed by atoms with Crippen molar-refractivity contribution in [3.8, 4) is 0 Å². The highest BCUT2D eigenvalue weighted by atomic mass is 32.1. The van der Waals surface area contributed by atoms with Crippen LogP contribution in [0.25, 0.3) is 0 Å². The molecule has 1 heterocycles. The quantitative estimate of drug-likeness (QED) is 0.631. The minimum Gasteiger partial charge on any atom is -0.298 e. The van der Waals surface area contributed by atoms with Crippen molar-refractivity contribution in [2.45, 2.75) is 20.8 Å². The summed E-state index contributed by atoms with van der Waals surface area (Å²) in [6.07, 6.45) is 6.84. The van der Waals surface area contributed by atoms with E-state index in [1.807, 2.05) is 26.8 Å². The summed E-state index contributed by atoms with van der Waals surface area (Å²) in [6.45, 7) is 5.81. The van der Waals surface area contributed by atoms with Crippen LogP contribution in [-0.4, -0.2) is 10.9 Å². The first-order chi connectivity index (χ1) is 7.13. The zero-order valence-corrected chi connectivity index (χ0v) is 9.89. The van der Waals surface area contributed by atoms with E-state index in [2.05, 4.69) is 10.3 Å². The molecular weight excluding hydrogens is 208 g/mol. The molecule has 0 unspecified atom stereocenters. The zero-order chi connectivity index (χ0) is 11.3. The minimum absolute atomic E-state index is 0.151. The van der Waals surface area contributed by atoms with Crippen molar-refractivity contribution in [1.29, 1.82) is 0 Å². The molecular formula is C11H14N2OS. The first-order valence-corrected chi connectivity index (χ1v) is 5.49. The summed E-state index contributed by atoms with van der Waals surface area (Å²) in [7, 11) is 0. The minimum atomic E-state index is -0.151. The Bertz CT molecular complexity index is 385. The molecule has 1 aromatic rings.